The standard InChI is InChI=1S/C24H25NO4.C14H23NO4.CH4/c26-22(27)21-13-24(11-5-6-12-24)15-25(21)23(28)29-14-20-18-9-3-1-7-16(18)17-8-2-4-10-19(17)20;1-13(2,3)19-12(18)15-9-14(6-4-5-7-14)8-10(15)11(16)17;/h1-4,7-10,20-21H,5-6,11-15H2,(H,26,27);10H,4-9H2,1-3H3,(H,16,17);1H4/t21-;10-;/m00./s1. The zero-order chi connectivity index (χ0) is 34.3. The summed E-state index contributed by atoms with van der Waals surface area (Å²) < 4.78 is 11.1. The first-order chi connectivity index (χ1) is 22.8. The molecule has 2 heterocycles. The monoisotopic (exact) mass is 676 g/mol. The van der Waals surface area contributed by atoms with Crippen molar-refractivity contribution in [3.05, 3.63) is 59.7 Å². The lowest BCUT2D eigenvalue weighted by Crippen LogP contribution is -2.43. The number of amides is 2. The fraction of sp³-hybridized carbons (Fsp3) is 0.590. The van der Waals surface area contributed by atoms with Crippen LogP contribution in [0.1, 0.15) is 109 Å². The van der Waals surface area contributed by atoms with Crippen molar-refractivity contribution in [1.29, 1.82) is 0 Å². The predicted octanol–water partition coefficient (Wildman–Crippen LogP) is 7.93. The minimum atomic E-state index is -0.928. The molecular formula is C39H52N2O8. The third-order valence-corrected chi connectivity index (χ3v) is 11.1. The summed E-state index contributed by atoms with van der Waals surface area (Å²) >= 11 is 0. The van der Waals surface area contributed by atoms with E-state index in [1.165, 1.54) is 20.9 Å². The zero-order valence-electron chi connectivity index (χ0n) is 28.3. The van der Waals surface area contributed by atoms with Gasteiger partial charge in [-0.2, -0.15) is 0 Å². The number of carboxylic acid groups (broad SMARTS) is 2. The summed E-state index contributed by atoms with van der Waals surface area (Å²) in [5.74, 6) is -1.87. The summed E-state index contributed by atoms with van der Waals surface area (Å²) in [6, 6.07) is 14.9. The summed E-state index contributed by atoms with van der Waals surface area (Å²) in [7, 11) is 0. The second-order valence-electron chi connectivity index (χ2n) is 15.6. The van der Waals surface area contributed by atoms with Gasteiger partial charge in [0.25, 0.3) is 0 Å². The van der Waals surface area contributed by atoms with Crippen LogP contribution in [-0.2, 0) is 19.1 Å². The van der Waals surface area contributed by atoms with Crippen LogP contribution in [0.2, 0.25) is 0 Å². The molecule has 2 N–H and O–H groups in total. The molecule has 4 fully saturated rings. The van der Waals surface area contributed by atoms with Crippen LogP contribution in [0.25, 0.3) is 11.1 Å². The topological polar surface area (TPSA) is 134 Å². The number of carboxylic acids is 2. The van der Waals surface area contributed by atoms with E-state index in [4.69, 9.17) is 9.47 Å². The minimum Gasteiger partial charge on any atom is -0.480 e. The zero-order valence-corrected chi connectivity index (χ0v) is 28.3. The molecule has 49 heavy (non-hydrogen) atoms. The van der Waals surface area contributed by atoms with Crippen LogP contribution in [-0.4, -0.2) is 81.5 Å². The molecule has 2 saturated heterocycles. The maximum absolute atomic E-state index is 12.9. The van der Waals surface area contributed by atoms with Crippen LogP contribution < -0.4 is 0 Å². The van der Waals surface area contributed by atoms with Gasteiger partial charge in [-0.25, -0.2) is 19.2 Å². The molecule has 2 amide bonds. The third-order valence-electron chi connectivity index (χ3n) is 11.1. The quantitative estimate of drug-likeness (QED) is 0.334. The van der Waals surface area contributed by atoms with Crippen LogP contribution in [0.15, 0.2) is 48.5 Å². The van der Waals surface area contributed by atoms with Gasteiger partial charge in [0, 0.05) is 19.0 Å². The number of hydrogen-bond acceptors (Lipinski definition) is 6. The van der Waals surface area contributed by atoms with Crippen LogP contribution in [0.3, 0.4) is 0 Å². The first-order valence-electron chi connectivity index (χ1n) is 17.4. The molecule has 0 bridgehead atoms. The smallest absolute Gasteiger partial charge is 0.411 e. The van der Waals surface area contributed by atoms with E-state index >= 15 is 0 Å². The van der Waals surface area contributed by atoms with Gasteiger partial charge in [-0.3, -0.25) is 9.80 Å². The normalized spacial score (nSPS) is 23.0. The summed E-state index contributed by atoms with van der Waals surface area (Å²) in [6.07, 6.45) is 8.68. The van der Waals surface area contributed by atoms with Gasteiger partial charge in [-0.05, 0) is 92.4 Å². The van der Waals surface area contributed by atoms with Crippen molar-refractivity contribution in [2.24, 2.45) is 10.8 Å². The lowest BCUT2D eigenvalue weighted by Gasteiger charge is -2.27. The number of benzene rings is 2. The maximum Gasteiger partial charge on any atom is 0.411 e. The van der Waals surface area contributed by atoms with Crippen molar-refractivity contribution >= 4 is 24.1 Å². The van der Waals surface area contributed by atoms with Crippen molar-refractivity contribution < 1.29 is 38.9 Å². The molecule has 2 aromatic carbocycles. The Labute approximate surface area is 289 Å². The Kier molecular flexibility index (Phi) is 10.4. The molecule has 10 nitrogen and oxygen atoms in total. The molecule has 2 aromatic rings. The van der Waals surface area contributed by atoms with Gasteiger partial charge in [-0.1, -0.05) is 81.6 Å². The molecule has 5 aliphatic rings. The van der Waals surface area contributed by atoms with Gasteiger partial charge in [0.2, 0.25) is 0 Å². The van der Waals surface area contributed by atoms with Crippen molar-refractivity contribution in [2.45, 2.75) is 116 Å². The SMILES string of the molecule is C.CC(C)(C)OC(=O)N1CC2(CCCC2)C[C@H]1C(=O)O.O=C(O)[C@@H]1CC2(CCCC2)CN1C(=O)OCC1c2ccccc2-c2ccccc21. The molecule has 266 valence electrons. The van der Waals surface area contributed by atoms with Gasteiger partial charge >= 0.3 is 24.1 Å². The highest BCUT2D eigenvalue weighted by atomic mass is 16.6. The van der Waals surface area contributed by atoms with E-state index in [2.05, 4.69) is 24.3 Å². The molecule has 0 unspecified atom stereocenters. The van der Waals surface area contributed by atoms with Gasteiger partial charge in [0.15, 0.2) is 0 Å². The van der Waals surface area contributed by atoms with Gasteiger partial charge in [0.1, 0.15) is 24.3 Å². The first-order valence-corrected chi connectivity index (χ1v) is 17.4. The molecular weight excluding hydrogens is 624 g/mol. The number of nitrogens with zero attached hydrogens (tertiary/aromatic N) is 2. The second kappa shape index (κ2) is 14.0. The summed E-state index contributed by atoms with van der Waals surface area (Å²) in [4.78, 5) is 51.1. The van der Waals surface area contributed by atoms with Crippen molar-refractivity contribution in [3.63, 3.8) is 0 Å². The average Bonchev–Trinajstić information content (AvgIpc) is 3.88. The Hall–Kier alpha value is -4.08. The predicted molar refractivity (Wildman–Crippen MR) is 185 cm³/mol. The number of carbonyl (C=O) groups excluding carboxylic acids is 2. The fourth-order valence-electron chi connectivity index (χ4n) is 8.91. The van der Waals surface area contributed by atoms with Crippen molar-refractivity contribution in [2.75, 3.05) is 19.7 Å². The Morgan fingerprint density at radius 2 is 1.12 bits per heavy atom. The maximum atomic E-state index is 12.9. The van der Waals surface area contributed by atoms with E-state index in [-0.39, 0.29) is 30.8 Å². The van der Waals surface area contributed by atoms with E-state index in [1.54, 1.807) is 20.8 Å². The van der Waals surface area contributed by atoms with Gasteiger partial charge in [-0.15, -0.1) is 0 Å². The second-order valence-corrected chi connectivity index (χ2v) is 15.6. The minimum absolute atomic E-state index is 0. The van der Waals surface area contributed by atoms with E-state index in [9.17, 15) is 29.4 Å². The largest absolute Gasteiger partial charge is 0.480 e. The van der Waals surface area contributed by atoms with E-state index < -0.39 is 41.8 Å². The molecule has 2 saturated carbocycles. The highest BCUT2D eigenvalue weighted by molar-refractivity contribution is 5.82. The van der Waals surface area contributed by atoms with Crippen LogP contribution in [0.4, 0.5) is 9.59 Å². The Morgan fingerprint density at radius 3 is 1.53 bits per heavy atom. The first kappa shape index (κ1) is 36.2. The summed E-state index contributed by atoms with van der Waals surface area (Å²) in [5.41, 5.74) is 4.06. The van der Waals surface area contributed by atoms with Gasteiger partial charge < -0.3 is 19.7 Å². The van der Waals surface area contributed by atoms with E-state index in [0.29, 0.717) is 25.9 Å². The highest BCUT2D eigenvalue weighted by Crippen LogP contribution is 2.49. The number of rotatable bonds is 4. The van der Waals surface area contributed by atoms with Crippen LogP contribution in [0.5, 0.6) is 0 Å². The Morgan fingerprint density at radius 1 is 0.714 bits per heavy atom. The molecule has 0 aromatic heterocycles. The summed E-state index contributed by atoms with van der Waals surface area (Å²) in [5, 5.41) is 19.0. The van der Waals surface area contributed by atoms with E-state index in [1.807, 2.05) is 24.3 Å². The molecule has 2 atom stereocenters. The Bertz CT molecular complexity index is 1510. The molecule has 10 heteroatoms. The number of likely N-dealkylation sites (tertiary alicyclic amines) is 2. The third kappa shape index (κ3) is 7.43. The van der Waals surface area contributed by atoms with Crippen molar-refractivity contribution in [1.82, 2.24) is 9.80 Å². The van der Waals surface area contributed by atoms with E-state index in [0.717, 1.165) is 62.5 Å². The number of ether oxygens (including phenoxy) is 2. The molecule has 3 aliphatic carbocycles. The Balaban J connectivity index is 0.000000205. The average molecular weight is 677 g/mol. The fourth-order valence-corrected chi connectivity index (χ4v) is 8.91. The van der Waals surface area contributed by atoms with Crippen LogP contribution >= 0.6 is 0 Å². The number of fused-ring (bicyclic) bond motifs is 3. The van der Waals surface area contributed by atoms with Crippen molar-refractivity contribution in [3.8, 4) is 11.1 Å². The number of carbonyl (C=O) groups is 4. The highest BCUT2D eigenvalue weighted by Gasteiger charge is 2.52. The van der Waals surface area contributed by atoms with Gasteiger partial charge in [0.05, 0.1) is 0 Å². The summed E-state index contributed by atoms with van der Waals surface area (Å²) in [6.45, 7) is 6.63. The molecule has 2 aliphatic heterocycles. The molecule has 7 rings (SSSR count). The number of aliphatic carboxylic acids is 2. The lowest BCUT2D eigenvalue weighted by atomic mass is 9.84. The number of hydrogen-bond donors (Lipinski definition) is 2. The van der Waals surface area contributed by atoms with Crippen LogP contribution in [0, 0.1) is 10.8 Å². The molecule has 0 radical (unpaired) electrons. The lowest BCUT2D eigenvalue weighted by molar-refractivity contribution is -0.142. The molecule has 2 spiro atoms.